The van der Waals surface area contributed by atoms with Crippen LogP contribution in [0, 0.1) is 5.92 Å². The van der Waals surface area contributed by atoms with Crippen molar-refractivity contribution < 1.29 is 0 Å². The number of allylic oxidation sites excluding steroid dienone is 3. The second kappa shape index (κ2) is 7.80. The van der Waals surface area contributed by atoms with Gasteiger partial charge in [0.15, 0.2) is 0 Å². The van der Waals surface area contributed by atoms with E-state index in [4.69, 9.17) is 9.98 Å². The Bertz CT molecular complexity index is 521. The van der Waals surface area contributed by atoms with Crippen molar-refractivity contribution in [3.63, 3.8) is 0 Å². The summed E-state index contributed by atoms with van der Waals surface area (Å²) in [4.78, 5) is 11.8. The predicted molar refractivity (Wildman–Crippen MR) is 98.0 cm³/mol. The zero-order valence-corrected chi connectivity index (χ0v) is 14.6. The molecule has 4 heteroatoms. The number of aliphatic imine (C=N–C) groups is 2. The quantitative estimate of drug-likeness (QED) is 0.792. The number of fused-ring (bicyclic) bond motifs is 1. The first-order valence-corrected chi connectivity index (χ1v) is 9.16. The van der Waals surface area contributed by atoms with E-state index in [1.807, 2.05) is 0 Å². The number of hydrogen-bond donors (Lipinski definition) is 1. The van der Waals surface area contributed by atoms with Crippen LogP contribution in [-0.4, -0.2) is 43.4 Å². The highest BCUT2D eigenvalue weighted by Gasteiger charge is 2.26. The number of rotatable bonds is 2. The van der Waals surface area contributed by atoms with Crippen molar-refractivity contribution in [2.24, 2.45) is 15.9 Å². The zero-order valence-electron chi connectivity index (χ0n) is 14.6. The minimum atomic E-state index is 0.347. The molecule has 126 valence electrons. The third kappa shape index (κ3) is 4.24. The average Bonchev–Trinajstić information content (AvgIpc) is 2.54. The normalized spacial score (nSPS) is 31.0. The maximum atomic E-state index is 4.83. The van der Waals surface area contributed by atoms with E-state index in [-0.39, 0.29) is 0 Å². The molecule has 0 bridgehead atoms. The van der Waals surface area contributed by atoms with Gasteiger partial charge in [0.05, 0.1) is 6.04 Å². The topological polar surface area (TPSA) is 40.0 Å². The lowest BCUT2D eigenvalue weighted by atomic mass is 9.89. The zero-order chi connectivity index (χ0) is 16.1. The number of likely N-dealkylation sites (N-methyl/N-ethyl adjacent to an activating group) is 1. The van der Waals surface area contributed by atoms with E-state index in [2.05, 4.69) is 42.5 Å². The van der Waals surface area contributed by atoms with Crippen molar-refractivity contribution in [3.8, 4) is 0 Å². The number of guanidine groups is 1. The fourth-order valence-corrected chi connectivity index (χ4v) is 3.74. The van der Waals surface area contributed by atoms with Crippen LogP contribution < -0.4 is 5.32 Å². The second-order valence-electron chi connectivity index (χ2n) is 7.14. The number of nitrogens with one attached hydrogen (secondary N) is 1. The monoisotopic (exact) mass is 314 g/mol. The summed E-state index contributed by atoms with van der Waals surface area (Å²) in [6, 6.07) is 0.347. The molecule has 1 N–H and O–H groups in total. The highest BCUT2D eigenvalue weighted by Crippen LogP contribution is 2.24. The molecule has 0 amide bonds. The van der Waals surface area contributed by atoms with Crippen LogP contribution in [0.2, 0.25) is 0 Å². The lowest BCUT2D eigenvalue weighted by Crippen LogP contribution is -2.46. The minimum absolute atomic E-state index is 0.347. The van der Waals surface area contributed by atoms with Gasteiger partial charge in [0.25, 0.3) is 0 Å². The molecule has 3 rings (SSSR count). The van der Waals surface area contributed by atoms with E-state index >= 15 is 0 Å². The van der Waals surface area contributed by atoms with Gasteiger partial charge in [-0.2, -0.15) is 4.99 Å². The molecule has 0 saturated heterocycles. The highest BCUT2D eigenvalue weighted by molar-refractivity contribution is 6.09. The molecule has 1 aliphatic heterocycles. The van der Waals surface area contributed by atoms with Crippen molar-refractivity contribution in [2.45, 2.75) is 57.4 Å². The van der Waals surface area contributed by atoms with Crippen LogP contribution in [0.4, 0.5) is 0 Å². The van der Waals surface area contributed by atoms with Gasteiger partial charge in [-0.1, -0.05) is 37.5 Å². The lowest BCUT2D eigenvalue weighted by Gasteiger charge is -2.32. The van der Waals surface area contributed by atoms with E-state index in [1.165, 1.54) is 37.7 Å². The Hall–Kier alpha value is -1.58. The van der Waals surface area contributed by atoms with E-state index in [0.29, 0.717) is 6.04 Å². The molecule has 1 saturated carbocycles. The van der Waals surface area contributed by atoms with Crippen molar-refractivity contribution >= 4 is 11.8 Å². The summed E-state index contributed by atoms with van der Waals surface area (Å²) < 4.78 is 0. The van der Waals surface area contributed by atoms with Crippen LogP contribution in [0.5, 0.6) is 0 Å². The number of hydrogen-bond acceptors (Lipinski definition) is 2. The molecule has 3 aliphatic rings. The van der Waals surface area contributed by atoms with Crippen LogP contribution in [0.25, 0.3) is 0 Å². The molecule has 1 heterocycles. The van der Waals surface area contributed by atoms with Crippen LogP contribution in [0.1, 0.15) is 51.4 Å². The van der Waals surface area contributed by atoms with Crippen LogP contribution in [0.3, 0.4) is 0 Å². The Morgan fingerprint density at radius 1 is 1.17 bits per heavy atom. The van der Waals surface area contributed by atoms with Crippen molar-refractivity contribution in [2.75, 3.05) is 20.6 Å². The van der Waals surface area contributed by atoms with Crippen molar-refractivity contribution in [1.82, 2.24) is 10.2 Å². The summed E-state index contributed by atoms with van der Waals surface area (Å²) in [5, 5.41) is 3.58. The first-order valence-electron chi connectivity index (χ1n) is 9.16. The second-order valence-corrected chi connectivity index (χ2v) is 7.14. The fourth-order valence-electron chi connectivity index (χ4n) is 3.74. The summed E-state index contributed by atoms with van der Waals surface area (Å²) in [5.41, 5.74) is 1.33. The van der Waals surface area contributed by atoms with E-state index in [9.17, 15) is 0 Å². The molecule has 0 radical (unpaired) electrons. The molecule has 23 heavy (non-hydrogen) atoms. The SMILES string of the molecule is CN(C)C1=NC(=NCC2CCCCC2)NC2CC/C=C\C/C=C/12. The smallest absolute Gasteiger partial charge is 0.220 e. The summed E-state index contributed by atoms with van der Waals surface area (Å²) in [6.45, 7) is 0.929. The Labute approximate surface area is 140 Å². The largest absolute Gasteiger partial charge is 0.362 e. The van der Waals surface area contributed by atoms with Gasteiger partial charge in [0, 0.05) is 26.2 Å². The number of nitrogens with zero attached hydrogens (tertiary/aromatic N) is 3. The maximum absolute atomic E-state index is 4.83. The Morgan fingerprint density at radius 3 is 2.78 bits per heavy atom. The molecule has 2 aliphatic carbocycles. The minimum Gasteiger partial charge on any atom is -0.362 e. The highest BCUT2D eigenvalue weighted by atomic mass is 15.2. The standard InChI is InChI=1S/C19H30N4/c1-23(2)18-16-12-8-3-4-9-13-17(16)21-19(22-18)20-14-15-10-6-5-7-11-15/h3-4,12,15,17H,5-11,13-14H2,1-2H3,(H,20,21)/b4-3-,16-12+. The molecular formula is C19H30N4. The molecule has 1 fully saturated rings. The average molecular weight is 314 g/mol. The molecule has 0 aromatic carbocycles. The lowest BCUT2D eigenvalue weighted by molar-refractivity contribution is 0.366. The first kappa shape index (κ1) is 16.3. The van der Waals surface area contributed by atoms with Crippen molar-refractivity contribution in [1.29, 1.82) is 0 Å². The van der Waals surface area contributed by atoms with Gasteiger partial charge in [-0.05, 0) is 38.0 Å². The molecule has 0 aromatic heterocycles. The number of amidine groups is 1. The maximum Gasteiger partial charge on any atom is 0.220 e. The van der Waals surface area contributed by atoms with Gasteiger partial charge in [0.2, 0.25) is 5.96 Å². The Morgan fingerprint density at radius 2 is 2.00 bits per heavy atom. The molecular weight excluding hydrogens is 284 g/mol. The van der Waals surface area contributed by atoms with Crippen LogP contribution >= 0.6 is 0 Å². The fraction of sp³-hybridized carbons (Fsp3) is 0.684. The van der Waals surface area contributed by atoms with Gasteiger partial charge >= 0.3 is 0 Å². The van der Waals surface area contributed by atoms with E-state index < -0.39 is 0 Å². The third-order valence-corrected chi connectivity index (χ3v) is 5.06. The summed E-state index contributed by atoms with van der Waals surface area (Å²) in [7, 11) is 4.16. The summed E-state index contributed by atoms with van der Waals surface area (Å²) >= 11 is 0. The Kier molecular flexibility index (Phi) is 5.52. The van der Waals surface area contributed by atoms with E-state index in [1.54, 1.807) is 0 Å². The molecule has 4 nitrogen and oxygen atoms in total. The van der Waals surface area contributed by atoms with Gasteiger partial charge in [-0.15, -0.1) is 0 Å². The van der Waals surface area contributed by atoms with Crippen LogP contribution in [0.15, 0.2) is 33.8 Å². The Balaban J connectivity index is 1.77. The van der Waals surface area contributed by atoms with E-state index in [0.717, 1.165) is 43.5 Å². The molecule has 1 atom stereocenters. The molecule has 0 spiro atoms. The van der Waals surface area contributed by atoms with Gasteiger partial charge in [-0.25, -0.2) is 0 Å². The van der Waals surface area contributed by atoms with Gasteiger partial charge < -0.3 is 10.2 Å². The third-order valence-electron chi connectivity index (χ3n) is 5.06. The van der Waals surface area contributed by atoms with Gasteiger partial charge in [0.1, 0.15) is 5.84 Å². The van der Waals surface area contributed by atoms with Crippen molar-refractivity contribution in [3.05, 3.63) is 23.8 Å². The molecule has 0 aromatic rings. The first-order chi connectivity index (χ1) is 11.2. The van der Waals surface area contributed by atoms with Crippen LogP contribution in [-0.2, 0) is 0 Å². The predicted octanol–water partition coefficient (Wildman–Crippen LogP) is 3.52. The summed E-state index contributed by atoms with van der Waals surface area (Å²) in [5.74, 6) is 2.67. The molecule has 1 unspecified atom stereocenters. The summed E-state index contributed by atoms with van der Waals surface area (Å²) in [6.07, 6.45) is 16.9. The van der Waals surface area contributed by atoms with Gasteiger partial charge in [-0.3, -0.25) is 4.99 Å².